The van der Waals surface area contributed by atoms with E-state index in [-0.39, 0.29) is 17.3 Å². The van der Waals surface area contributed by atoms with Crippen molar-refractivity contribution in [3.63, 3.8) is 0 Å². The smallest absolute Gasteiger partial charge is 0.325 e. The first-order valence-electron chi connectivity index (χ1n) is 9.62. The molecule has 1 aromatic heterocycles. The van der Waals surface area contributed by atoms with Crippen LogP contribution < -0.4 is 11.0 Å². The number of rotatable bonds is 7. The van der Waals surface area contributed by atoms with Gasteiger partial charge in [0.05, 0.1) is 5.75 Å². The van der Waals surface area contributed by atoms with E-state index in [1.807, 2.05) is 44.6 Å². The second-order valence-corrected chi connectivity index (χ2v) is 8.61. The van der Waals surface area contributed by atoms with Crippen molar-refractivity contribution in [3.05, 3.63) is 51.1 Å². The highest BCUT2D eigenvalue weighted by Gasteiger charge is 2.22. The second kappa shape index (κ2) is 8.92. The Balaban J connectivity index is 1.71. The molecule has 0 saturated heterocycles. The fraction of sp³-hybridized carbons (Fsp3) is 0.476. The molecular formula is C21H28N4O2S. The standard InChI is InChI=1S/C21H28N4O2S/c1-14-10-15(2)12-16(11-14)22-19(26)13-28-20-17-6-5-7-18(17)25(21(27)23-20)9-8-24(3)4/h10-12H,5-9,13H2,1-4H3,(H,22,26). The van der Waals surface area contributed by atoms with E-state index in [9.17, 15) is 9.59 Å². The average molecular weight is 401 g/mol. The van der Waals surface area contributed by atoms with Gasteiger partial charge in [-0.2, -0.15) is 4.98 Å². The Bertz CT molecular complexity index is 916. The molecule has 1 amide bonds. The lowest BCUT2D eigenvalue weighted by Gasteiger charge is -2.16. The number of fused-ring (bicyclic) bond motifs is 1. The molecule has 0 aliphatic heterocycles. The Morgan fingerprint density at radius 3 is 2.61 bits per heavy atom. The third-order valence-electron chi connectivity index (χ3n) is 4.82. The van der Waals surface area contributed by atoms with Gasteiger partial charge in [0.15, 0.2) is 0 Å². The minimum atomic E-state index is -0.209. The minimum Gasteiger partial charge on any atom is -0.325 e. The number of hydrogen-bond donors (Lipinski definition) is 1. The topological polar surface area (TPSA) is 67.2 Å². The summed E-state index contributed by atoms with van der Waals surface area (Å²) in [7, 11) is 3.99. The number of thioether (sulfide) groups is 1. The first kappa shape index (κ1) is 20.6. The molecule has 0 atom stereocenters. The van der Waals surface area contributed by atoms with Crippen LogP contribution in [0.15, 0.2) is 28.0 Å². The number of benzene rings is 1. The molecule has 1 N–H and O–H groups in total. The molecule has 0 fully saturated rings. The molecule has 1 heterocycles. The van der Waals surface area contributed by atoms with Crippen LogP contribution in [0.4, 0.5) is 5.69 Å². The van der Waals surface area contributed by atoms with Gasteiger partial charge in [-0.05, 0) is 70.5 Å². The summed E-state index contributed by atoms with van der Waals surface area (Å²) in [5.74, 6) is 0.161. The van der Waals surface area contributed by atoms with E-state index in [0.29, 0.717) is 11.6 Å². The zero-order valence-electron chi connectivity index (χ0n) is 17.0. The SMILES string of the molecule is Cc1cc(C)cc(NC(=O)CSc2nc(=O)n(CCN(C)C)c3c2CCC3)c1. The van der Waals surface area contributed by atoms with Crippen LogP contribution in [0.2, 0.25) is 0 Å². The Kier molecular flexibility index (Phi) is 6.57. The lowest BCUT2D eigenvalue weighted by Crippen LogP contribution is -2.31. The summed E-state index contributed by atoms with van der Waals surface area (Å²) in [6, 6.07) is 5.98. The highest BCUT2D eigenvalue weighted by atomic mass is 32.2. The van der Waals surface area contributed by atoms with Crippen LogP contribution in [0.3, 0.4) is 0 Å². The molecule has 3 rings (SSSR count). The fourth-order valence-corrected chi connectivity index (χ4v) is 4.49. The zero-order chi connectivity index (χ0) is 20.3. The molecule has 150 valence electrons. The van der Waals surface area contributed by atoms with Gasteiger partial charge in [0, 0.05) is 30.0 Å². The third-order valence-corrected chi connectivity index (χ3v) is 5.83. The summed E-state index contributed by atoms with van der Waals surface area (Å²) in [5, 5.41) is 3.66. The molecule has 1 aromatic carbocycles. The molecule has 2 aromatic rings. The molecule has 1 aliphatic rings. The van der Waals surface area contributed by atoms with Gasteiger partial charge in [-0.25, -0.2) is 4.79 Å². The predicted octanol–water partition coefficient (Wildman–Crippen LogP) is 2.64. The van der Waals surface area contributed by atoms with Crippen molar-refractivity contribution >= 4 is 23.4 Å². The molecule has 0 saturated carbocycles. The Morgan fingerprint density at radius 2 is 1.93 bits per heavy atom. The Labute approximate surface area is 170 Å². The minimum absolute atomic E-state index is 0.0830. The number of amides is 1. The lowest BCUT2D eigenvalue weighted by atomic mass is 10.1. The predicted molar refractivity (Wildman–Crippen MR) is 114 cm³/mol. The molecule has 28 heavy (non-hydrogen) atoms. The fourth-order valence-electron chi connectivity index (χ4n) is 3.61. The monoisotopic (exact) mass is 400 g/mol. The van der Waals surface area contributed by atoms with Gasteiger partial charge in [0.2, 0.25) is 5.91 Å². The zero-order valence-corrected chi connectivity index (χ0v) is 17.9. The summed E-state index contributed by atoms with van der Waals surface area (Å²) in [6.07, 6.45) is 2.86. The molecule has 7 heteroatoms. The van der Waals surface area contributed by atoms with E-state index < -0.39 is 0 Å². The molecule has 1 aliphatic carbocycles. The van der Waals surface area contributed by atoms with Crippen molar-refractivity contribution in [1.82, 2.24) is 14.5 Å². The number of aromatic nitrogens is 2. The number of nitrogens with zero attached hydrogens (tertiary/aromatic N) is 3. The summed E-state index contributed by atoms with van der Waals surface area (Å²) < 4.78 is 1.81. The number of carbonyl (C=O) groups excluding carboxylic acids is 1. The summed E-state index contributed by atoms with van der Waals surface area (Å²) >= 11 is 1.36. The van der Waals surface area contributed by atoms with Gasteiger partial charge in [0.1, 0.15) is 5.03 Å². The first-order chi connectivity index (χ1) is 13.3. The molecule has 0 radical (unpaired) electrons. The molecule has 0 bridgehead atoms. The highest BCUT2D eigenvalue weighted by molar-refractivity contribution is 8.00. The number of anilines is 1. The number of nitrogens with one attached hydrogen (secondary N) is 1. The molecular weight excluding hydrogens is 372 g/mol. The van der Waals surface area contributed by atoms with Crippen molar-refractivity contribution in [2.24, 2.45) is 0 Å². The maximum absolute atomic E-state index is 12.5. The van der Waals surface area contributed by atoms with Crippen LogP contribution in [0, 0.1) is 13.8 Å². The van der Waals surface area contributed by atoms with Gasteiger partial charge in [-0.3, -0.25) is 9.36 Å². The summed E-state index contributed by atoms with van der Waals surface area (Å²) in [5.41, 5.74) is 5.06. The molecule has 0 spiro atoms. The first-order valence-corrected chi connectivity index (χ1v) is 10.6. The van der Waals surface area contributed by atoms with E-state index >= 15 is 0 Å². The number of likely N-dealkylation sites (N-methyl/N-ethyl adjacent to an activating group) is 1. The van der Waals surface area contributed by atoms with E-state index in [2.05, 4.69) is 21.3 Å². The van der Waals surface area contributed by atoms with Gasteiger partial charge >= 0.3 is 5.69 Å². The lowest BCUT2D eigenvalue weighted by molar-refractivity contribution is -0.113. The van der Waals surface area contributed by atoms with E-state index in [1.165, 1.54) is 11.8 Å². The summed E-state index contributed by atoms with van der Waals surface area (Å²) in [6.45, 7) is 5.48. The van der Waals surface area contributed by atoms with E-state index in [0.717, 1.165) is 53.9 Å². The second-order valence-electron chi connectivity index (χ2n) is 7.65. The Hall–Kier alpha value is -2.12. The summed E-state index contributed by atoms with van der Waals surface area (Å²) in [4.78, 5) is 31.3. The van der Waals surface area contributed by atoms with Crippen molar-refractivity contribution in [3.8, 4) is 0 Å². The quantitative estimate of drug-likeness (QED) is 0.572. The van der Waals surface area contributed by atoms with Crippen LogP contribution in [0.5, 0.6) is 0 Å². The van der Waals surface area contributed by atoms with Crippen LogP contribution >= 0.6 is 11.8 Å². The van der Waals surface area contributed by atoms with Crippen molar-refractivity contribution in [1.29, 1.82) is 0 Å². The van der Waals surface area contributed by atoms with Crippen molar-refractivity contribution < 1.29 is 4.79 Å². The largest absolute Gasteiger partial charge is 0.348 e. The molecule has 6 nitrogen and oxygen atoms in total. The van der Waals surface area contributed by atoms with Gasteiger partial charge < -0.3 is 10.2 Å². The van der Waals surface area contributed by atoms with Crippen LogP contribution in [0.1, 0.15) is 28.8 Å². The maximum atomic E-state index is 12.5. The number of aryl methyl sites for hydroxylation is 2. The maximum Gasteiger partial charge on any atom is 0.348 e. The normalized spacial score (nSPS) is 13.0. The average Bonchev–Trinajstić information content (AvgIpc) is 3.07. The number of carbonyl (C=O) groups is 1. The third kappa shape index (κ3) is 5.02. The van der Waals surface area contributed by atoms with Crippen molar-refractivity contribution in [2.45, 2.75) is 44.7 Å². The van der Waals surface area contributed by atoms with Gasteiger partial charge in [0.25, 0.3) is 0 Å². The van der Waals surface area contributed by atoms with Crippen molar-refractivity contribution in [2.75, 3.05) is 31.7 Å². The van der Waals surface area contributed by atoms with Gasteiger partial charge in [-0.15, -0.1) is 0 Å². The van der Waals surface area contributed by atoms with Crippen LogP contribution in [0.25, 0.3) is 0 Å². The Morgan fingerprint density at radius 1 is 1.21 bits per heavy atom. The number of hydrogen-bond acceptors (Lipinski definition) is 5. The molecule has 0 unspecified atom stereocenters. The van der Waals surface area contributed by atoms with E-state index in [4.69, 9.17) is 0 Å². The van der Waals surface area contributed by atoms with E-state index in [1.54, 1.807) is 0 Å². The van der Waals surface area contributed by atoms with Gasteiger partial charge in [-0.1, -0.05) is 17.8 Å². The highest BCUT2D eigenvalue weighted by Crippen LogP contribution is 2.29. The van der Waals surface area contributed by atoms with Crippen LogP contribution in [-0.4, -0.2) is 46.8 Å². The van der Waals surface area contributed by atoms with Crippen LogP contribution in [-0.2, 0) is 24.2 Å².